The molecule has 0 bridgehead atoms. The van der Waals surface area contributed by atoms with E-state index >= 15 is 0 Å². The lowest BCUT2D eigenvalue weighted by Crippen LogP contribution is -2.33. The van der Waals surface area contributed by atoms with Crippen molar-refractivity contribution in [2.24, 2.45) is 0 Å². The number of thiophene rings is 1. The third kappa shape index (κ3) is 6.63. The standard InChI is InChI=1S/C29H30N4O3S2/c1-3-4-13-26(35)31-21-11-8-12-22(16-21)37-27(20-9-6-5-7-10-20)28(36)32-29-24(17-30)23-14-15-33(19(2)34)18-25(23)38-29/h5-12,16,27H,3-4,13-15,18H2,1-2H3,(H,31,35)(H,32,36). The van der Waals surface area contributed by atoms with Gasteiger partial charge in [-0.2, -0.15) is 5.26 Å². The van der Waals surface area contributed by atoms with Crippen molar-refractivity contribution in [1.29, 1.82) is 5.26 Å². The van der Waals surface area contributed by atoms with E-state index in [1.807, 2.05) is 61.5 Å². The molecule has 0 fully saturated rings. The SMILES string of the molecule is CCCCC(=O)Nc1cccc(SC(C(=O)Nc2sc3c(c2C#N)CCN(C(C)=O)C3)c2ccccc2)c1. The zero-order chi connectivity index (χ0) is 27.1. The van der Waals surface area contributed by atoms with Crippen molar-refractivity contribution in [2.75, 3.05) is 17.2 Å². The van der Waals surface area contributed by atoms with Crippen LogP contribution in [0.15, 0.2) is 59.5 Å². The van der Waals surface area contributed by atoms with Crippen molar-refractivity contribution < 1.29 is 14.4 Å². The Morgan fingerprint density at radius 3 is 2.63 bits per heavy atom. The molecule has 1 atom stereocenters. The van der Waals surface area contributed by atoms with E-state index in [4.69, 9.17) is 0 Å². The van der Waals surface area contributed by atoms with Gasteiger partial charge in [-0.05, 0) is 42.2 Å². The average Bonchev–Trinajstić information content (AvgIpc) is 3.27. The maximum Gasteiger partial charge on any atom is 0.243 e. The maximum absolute atomic E-state index is 13.7. The summed E-state index contributed by atoms with van der Waals surface area (Å²) in [6, 6.07) is 19.2. The molecule has 4 rings (SSSR count). The molecule has 0 aliphatic carbocycles. The lowest BCUT2D eigenvalue weighted by molar-refractivity contribution is -0.129. The molecule has 1 unspecified atom stereocenters. The van der Waals surface area contributed by atoms with E-state index in [1.165, 1.54) is 23.1 Å². The zero-order valence-electron chi connectivity index (χ0n) is 21.5. The first-order valence-corrected chi connectivity index (χ1v) is 14.3. The molecule has 1 aromatic heterocycles. The van der Waals surface area contributed by atoms with Gasteiger partial charge in [-0.25, -0.2) is 0 Å². The lowest BCUT2D eigenvalue weighted by atomic mass is 10.0. The summed E-state index contributed by atoms with van der Waals surface area (Å²) in [6.07, 6.45) is 2.85. The van der Waals surface area contributed by atoms with Gasteiger partial charge in [0.05, 0.1) is 12.1 Å². The van der Waals surface area contributed by atoms with E-state index < -0.39 is 5.25 Å². The highest BCUT2D eigenvalue weighted by atomic mass is 32.2. The average molecular weight is 547 g/mol. The fourth-order valence-electron chi connectivity index (χ4n) is 4.30. The molecule has 3 aromatic rings. The van der Waals surface area contributed by atoms with Gasteiger partial charge in [-0.3, -0.25) is 14.4 Å². The van der Waals surface area contributed by atoms with Crippen LogP contribution in [0.2, 0.25) is 0 Å². The summed E-state index contributed by atoms with van der Waals surface area (Å²) < 4.78 is 0. The van der Waals surface area contributed by atoms with Crippen LogP contribution in [0.5, 0.6) is 0 Å². The quantitative estimate of drug-likeness (QED) is 0.315. The Bertz CT molecular complexity index is 1360. The number of nitriles is 1. The highest BCUT2D eigenvalue weighted by molar-refractivity contribution is 8.00. The number of fused-ring (bicyclic) bond motifs is 1. The predicted octanol–water partition coefficient (Wildman–Crippen LogP) is 6.13. The summed E-state index contributed by atoms with van der Waals surface area (Å²) in [6.45, 7) is 4.60. The second kappa shape index (κ2) is 12.8. The number of hydrogen-bond acceptors (Lipinski definition) is 6. The smallest absolute Gasteiger partial charge is 0.243 e. The Balaban J connectivity index is 1.57. The molecule has 0 saturated carbocycles. The molecule has 0 radical (unpaired) electrons. The highest BCUT2D eigenvalue weighted by Gasteiger charge is 2.29. The second-order valence-corrected chi connectivity index (χ2v) is 11.4. The number of nitrogens with one attached hydrogen (secondary N) is 2. The van der Waals surface area contributed by atoms with Crippen LogP contribution < -0.4 is 10.6 Å². The van der Waals surface area contributed by atoms with E-state index in [0.29, 0.717) is 42.2 Å². The van der Waals surface area contributed by atoms with E-state index in [-0.39, 0.29) is 17.7 Å². The number of thioether (sulfide) groups is 1. The predicted molar refractivity (Wildman–Crippen MR) is 152 cm³/mol. The maximum atomic E-state index is 13.7. The van der Waals surface area contributed by atoms with Crippen molar-refractivity contribution in [3.63, 3.8) is 0 Å². The monoisotopic (exact) mass is 546 g/mol. The number of anilines is 2. The largest absolute Gasteiger partial charge is 0.337 e. The van der Waals surface area contributed by atoms with Crippen molar-refractivity contribution in [2.45, 2.75) is 56.2 Å². The fraction of sp³-hybridized carbons (Fsp3) is 0.310. The van der Waals surface area contributed by atoms with Crippen LogP contribution in [0.4, 0.5) is 10.7 Å². The van der Waals surface area contributed by atoms with Crippen molar-refractivity contribution >= 4 is 51.5 Å². The third-order valence-corrected chi connectivity index (χ3v) is 8.70. The minimum absolute atomic E-state index is 0.00234. The Morgan fingerprint density at radius 1 is 1.13 bits per heavy atom. The van der Waals surface area contributed by atoms with Crippen LogP contribution in [-0.4, -0.2) is 29.2 Å². The molecule has 9 heteroatoms. The van der Waals surface area contributed by atoms with Gasteiger partial charge in [0.25, 0.3) is 0 Å². The van der Waals surface area contributed by atoms with Crippen molar-refractivity contribution in [3.05, 3.63) is 76.2 Å². The molecule has 2 N–H and O–H groups in total. The Hall–Kier alpha value is -3.61. The van der Waals surface area contributed by atoms with Gasteiger partial charge in [-0.1, -0.05) is 49.7 Å². The number of unbranched alkanes of at least 4 members (excludes halogenated alkanes) is 1. The highest BCUT2D eigenvalue weighted by Crippen LogP contribution is 2.40. The van der Waals surface area contributed by atoms with Crippen LogP contribution in [-0.2, 0) is 27.3 Å². The molecule has 0 spiro atoms. The molecule has 196 valence electrons. The van der Waals surface area contributed by atoms with E-state index in [1.54, 1.807) is 11.8 Å². The summed E-state index contributed by atoms with van der Waals surface area (Å²) in [4.78, 5) is 41.3. The van der Waals surface area contributed by atoms with Crippen LogP contribution >= 0.6 is 23.1 Å². The number of rotatable bonds is 9. The number of carbonyl (C=O) groups is 3. The Kier molecular flexibility index (Phi) is 9.21. The summed E-state index contributed by atoms with van der Waals surface area (Å²) in [5.41, 5.74) is 2.92. The molecule has 2 aromatic carbocycles. The minimum atomic E-state index is -0.582. The first kappa shape index (κ1) is 27.4. The molecule has 38 heavy (non-hydrogen) atoms. The van der Waals surface area contributed by atoms with Crippen molar-refractivity contribution in [3.8, 4) is 6.07 Å². The van der Waals surface area contributed by atoms with Gasteiger partial charge in [-0.15, -0.1) is 23.1 Å². The molecule has 3 amide bonds. The van der Waals surface area contributed by atoms with E-state index in [0.717, 1.165) is 33.7 Å². The molecule has 1 aliphatic heterocycles. The summed E-state index contributed by atoms with van der Waals surface area (Å²) >= 11 is 2.75. The molecule has 0 saturated heterocycles. The Morgan fingerprint density at radius 2 is 1.92 bits per heavy atom. The fourth-order valence-corrected chi connectivity index (χ4v) is 6.60. The summed E-state index contributed by atoms with van der Waals surface area (Å²) in [5.74, 6) is -0.269. The number of amides is 3. The summed E-state index contributed by atoms with van der Waals surface area (Å²) in [7, 11) is 0. The van der Waals surface area contributed by atoms with Crippen LogP contribution in [0.1, 0.15) is 59.9 Å². The lowest BCUT2D eigenvalue weighted by Gasteiger charge is -2.25. The van der Waals surface area contributed by atoms with E-state index in [9.17, 15) is 19.6 Å². The number of nitrogens with zero attached hydrogens (tertiary/aromatic N) is 2. The molecular formula is C29H30N4O3S2. The normalized spacial score (nSPS) is 13.2. The Labute approximate surface area is 231 Å². The van der Waals surface area contributed by atoms with E-state index in [2.05, 4.69) is 16.7 Å². The van der Waals surface area contributed by atoms with Gasteiger partial charge < -0.3 is 15.5 Å². The number of benzene rings is 2. The minimum Gasteiger partial charge on any atom is -0.337 e. The first-order valence-electron chi connectivity index (χ1n) is 12.6. The third-order valence-electron chi connectivity index (χ3n) is 6.32. The van der Waals surface area contributed by atoms with Crippen molar-refractivity contribution in [1.82, 2.24) is 4.90 Å². The van der Waals surface area contributed by atoms with Crippen LogP contribution in [0.3, 0.4) is 0 Å². The molecule has 1 aliphatic rings. The zero-order valence-corrected chi connectivity index (χ0v) is 23.1. The topological polar surface area (TPSA) is 102 Å². The first-order chi connectivity index (χ1) is 18.4. The van der Waals surface area contributed by atoms with Gasteiger partial charge in [0.15, 0.2) is 0 Å². The van der Waals surface area contributed by atoms with Gasteiger partial charge in [0.1, 0.15) is 16.3 Å². The number of carbonyl (C=O) groups excluding carboxylic acids is 3. The summed E-state index contributed by atoms with van der Waals surface area (Å²) in [5, 5.41) is 15.8. The second-order valence-electron chi connectivity index (χ2n) is 9.09. The van der Waals surface area contributed by atoms with Crippen LogP contribution in [0.25, 0.3) is 0 Å². The van der Waals surface area contributed by atoms with Gasteiger partial charge in [0.2, 0.25) is 17.7 Å². The number of hydrogen-bond donors (Lipinski definition) is 2. The molecular weight excluding hydrogens is 516 g/mol. The van der Waals surface area contributed by atoms with Gasteiger partial charge in [0, 0.05) is 35.3 Å². The van der Waals surface area contributed by atoms with Crippen LogP contribution in [0, 0.1) is 11.3 Å². The molecule has 2 heterocycles. The van der Waals surface area contributed by atoms with Gasteiger partial charge >= 0.3 is 0 Å². The molecule has 7 nitrogen and oxygen atoms in total.